The highest BCUT2D eigenvalue weighted by molar-refractivity contribution is 5.61. The van der Waals surface area contributed by atoms with Crippen molar-refractivity contribution in [2.45, 2.75) is 27.2 Å². The van der Waals surface area contributed by atoms with Crippen LogP contribution < -0.4 is 5.32 Å². The number of hydrogen-bond acceptors (Lipinski definition) is 3. The van der Waals surface area contributed by atoms with Gasteiger partial charge in [-0.3, -0.25) is 9.80 Å². The van der Waals surface area contributed by atoms with Gasteiger partial charge in [0.1, 0.15) is 0 Å². The van der Waals surface area contributed by atoms with Gasteiger partial charge in [-0.2, -0.15) is 0 Å². The molecule has 0 radical (unpaired) electrons. The number of benzene rings is 1. The van der Waals surface area contributed by atoms with Crippen LogP contribution in [0.3, 0.4) is 0 Å². The van der Waals surface area contributed by atoms with Crippen LogP contribution in [0, 0.1) is 0 Å². The van der Waals surface area contributed by atoms with E-state index in [1.807, 2.05) is 14.0 Å². The van der Waals surface area contributed by atoms with Gasteiger partial charge in [0.05, 0.1) is 13.3 Å². The molecule has 1 aromatic rings. The van der Waals surface area contributed by atoms with E-state index in [1.54, 1.807) is 0 Å². The summed E-state index contributed by atoms with van der Waals surface area (Å²) in [5.74, 6) is 0.555. The molecule has 1 aromatic carbocycles. The first-order valence-corrected chi connectivity index (χ1v) is 7.21. The molecule has 3 nitrogen and oxygen atoms in total. The smallest absolute Gasteiger partial charge is 0.0523 e. The molecule has 0 aromatic heterocycles. The molecule has 0 saturated carbocycles. The second-order valence-corrected chi connectivity index (χ2v) is 5.86. The predicted molar refractivity (Wildman–Crippen MR) is 95.5 cm³/mol. The molecule has 2 rings (SSSR count). The fraction of sp³-hybridized carbons (Fsp3) is 0.556. The van der Waals surface area contributed by atoms with Crippen molar-refractivity contribution in [2.75, 3.05) is 41.0 Å². The maximum Gasteiger partial charge on any atom is 0.0523 e. The number of rotatable bonds is 4. The first-order valence-electron chi connectivity index (χ1n) is 7.21. The summed E-state index contributed by atoms with van der Waals surface area (Å²) in [6.07, 6.45) is 0. The van der Waals surface area contributed by atoms with E-state index >= 15 is 0 Å². The van der Waals surface area contributed by atoms with Gasteiger partial charge in [0.2, 0.25) is 0 Å². The van der Waals surface area contributed by atoms with E-state index in [4.69, 9.17) is 0 Å². The second kappa shape index (κ2) is 9.72. The van der Waals surface area contributed by atoms with Crippen molar-refractivity contribution < 1.29 is 0 Å². The third-order valence-corrected chi connectivity index (χ3v) is 3.42. The summed E-state index contributed by atoms with van der Waals surface area (Å²) in [5, 5.41) is 3.19. The third kappa shape index (κ3) is 6.89. The van der Waals surface area contributed by atoms with E-state index in [2.05, 4.69) is 67.0 Å². The number of allylic oxidation sites excluding steroid dienone is 1. The van der Waals surface area contributed by atoms with Crippen molar-refractivity contribution in [3.8, 4) is 0 Å². The van der Waals surface area contributed by atoms with Gasteiger partial charge in [0, 0.05) is 6.54 Å². The minimum atomic E-state index is 0. The van der Waals surface area contributed by atoms with E-state index in [0.29, 0.717) is 5.92 Å². The largest absolute Gasteiger partial charge is 0.319 e. The van der Waals surface area contributed by atoms with Gasteiger partial charge < -0.3 is 5.32 Å². The number of nitrogens with one attached hydrogen (secondary N) is 1. The summed E-state index contributed by atoms with van der Waals surface area (Å²) in [5.41, 5.74) is 3.74. The summed E-state index contributed by atoms with van der Waals surface area (Å²) in [6.45, 7) is 11.5. The van der Waals surface area contributed by atoms with Crippen molar-refractivity contribution in [1.29, 1.82) is 0 Å². The molecule has 21 heavy (non-hydrogen) atoms. The lowest BCUT2D eigenvalue weighted by Crippen LogP contribution is -2.50. The Bertz CT molecular complexity index is 416. The molecule has 1 heterocycles. The molecule has 1 aliphatic heterocycles. The average molecular weight is 291 g/mol. The number of hydrogen-bond donors (Lipinski definition) is 1. The van der Waals surface area contributed by atoms with Gasteiger partial charge in [0.25, 0.3) is 0 Å². The normalized spacial score (nSPS) is 16.0. The Kier molecular flexibility index (Phi) is 9.18. The Morgan fingerprint density at radius 1 is 1.29 bits per heavy atom. The van der Waals surface area contributed by atoms with Crippen molar-refractivity contribution >= 4 is 5.57 Å². The molecule has 1 atom stereocenters. The fourth-order valence-corrected chi connectivity index (χ4v) is 2.32. The van der Waals surface area contributed by atoms with Crippen LogP contribution in [0.5, 0.6) is 0 Å². The lowest BCUT2D eigenvalue weighted by molar-refractivity contribution is 0.0149. The van der Waals surface area contributed by atoms with Gasteiger partial charge >= 0.3 is 0 Å². The molecule has 120 valence electrons. The zero-order chi connectivity index (χ0) is 15.1. The zero-order valence-electron chi connectivity index (χ0n) is 13.6. The fourth-order valence-electron chi connectivity index (χ4n) is 2.32. The molecule has 1 N–H and O–H groups in total. The molecular formula is C18H33N3. The average Bonchev–Trinajstić information content (AvgIpc) is 2.38. The summed E-state index contributed by atoms with van der Waals surface area (Å²) in [7, 11) is 6.21. The van der Waals surface area contributed by atoms with Gasteiger partial charge in [-0.25, -0.2) is 0 Å². The van der Waals surface area contributed by atoms with Gasteiger partial charge in [-0.05, 0) is 45.1 Å². The van der Waals surface area contributed by atoms with Crippen LogP contribution in [0.25, 0.3) is 5.57 Å². The molecule has 0 amide bonds. The molecule has 1 aliphatic rings. The van der Waals surface area contributed by atoms with E-state index in [0.717, 1.165) is 25.5 Å². The standard InChI is InChI=1S/C13H19N.C4H10N2.CH4/c1-10(2)12-6-5-7-13(8-12)11(3)9-14-4;1-5-3-6(2)4-5;/h5-8,11,14H,1,9H2,2-4H3;3-4H2,1-2H3;1H4. The number of nitrogens with zero attached hydrogens (tertiary/aromatic N) is 2. The SMILES string of the molecule is C.C=C(C)c1cccc(C(C)CNC)c1.CN1CN(C)C1. The van der Waals surface area contributed by atoms with Crippen LogP contribution >= 0.6 is 0 Å². The lowest BCUT2D eigenvalue weighted by Gasteiger charge is -2.36. The Hall–Kier alpha value is -1.16. The van der Waals surface area contributed by atoms with E-state index < -0.39 is 0 Å². The Balaban J connectivity index is 0.000000480. The third-order valence-electron chi connectivity index (χ3n) is 3.42. The van der Waals surface area contributed by atoms with Crippen LogP contribution in [0.1, 0.15) is 38.3 Å². The minimum absolute atomic E-state index is 0. The maximum atomic E-state index is 3.96. The second-order valence-electron chi connectivity index (χ2n) is 5.86. The molecule has 1 saturated heterocycles. The molecule has 3 heteroatoms. The topological polar surface area (TPSA) is 18.5 Å². The molecular weight excluding hydrogens is 258 g/mol. The van der Waals surface area contributed by atoms with Crippen molar-refractivity contribution in [2.24, 2.45) is 0 Å². The molecule has 0 bridgehead atoms. The van der Waals surface area contributed by atoms with Crippen LogP contribution in [-0.4, -0.2) is 50.8 Å². The molecule has 1 fully saturated rings. The summed E-state index contributed by atoms with van der Waals surface area (Å²) in [6, 6.07) is 8.61. The van der Waals surface area contributed by atoms with Crippen molar-refractivity contribution in [3.05, 3.63) is 42.0 Å². The van der Waals surface area contributed by atoms with E-state index in [1.165, 1.54) is 11.1 Å². The monoisotopic (exact) mass is 291 g/mol. The van der Waals surface area contributed by atoms with Gasteiger partial charge in [-0.15, -0.1) is 0 Å². The Morgan fingerprint density at radius 3 is 2.24 bits per heavy atom. The van der Waals surface area contributed by atoms with Crippen molar-refractivity contribution in [3.63, 3.8) is 0 Å². The number of likely N-dealkylation sites (N-methyl/N-ethyl adjacent to an activating group) is 1. The first-order chi connectivity index (χ1) is 9.43. The van der Waals surface area contributed by atoms with Crippen molar-refractivity contribution in [1.82, 2.24) is 15.1 Å². The lowest BCUT2D eigenvalue weighted by atomic mass is 9.97. The highest BCUT2D eigenvalue weighted by Gasteiger charge is 2.12. The zero-order valence-corrected chi connectivity index (χ0v) is 13.6. The Labute approximate surface area is 131 Å². The first kappa shape index (κ1) is 19.8. The van der Waals surface area contributed by atoms with E-state index in [-0.39, 0.29) is 7.43 Å². The summed E-state index contributed by atoms with van der Waals surface area (Å²) < 4.78 is 0. The van der Waals surface area contributed by atoms with Crippen LogP contribution in [-0.2, 0) is 0 Å². The Morgan fingerprint density at radius 2 is 1.86 bits per heavy atom. The molecule has 0 spiro atoms. The molecule has 1 unspecified atom stereocenters. The minimum Gasteiger partial charge on any atom is -0.319 e. The van der Waals surface area contributed by atoms with Gasteiger partial charge in [0.15, 0.2) is 0 Å². The maximum absolute atomic E-state index is 3.96. The quantitative estimate of drug-likeness (QED) is 0.916. The predicted octanol–water partition coefficient (Wildman–Crippen LogP) is 3.46. The molecule has 0 aliphatic carbocycles. The van der Waals surface area contributed by atoms with Gasteiger partial charge in [-0.1, -0.05) is 50.8 Å². The van der Waals surface area contributed by atoms with E-state index in [9.17, 15) is 0 Å². The van der Waals surface area contributed by atoms with Crippen LogP contribution in [0.15, 0.2) is 30.8 Å². The highest BCUT2D eigenvalue weighted by Crippen LogP contribution is 2.19. The van der Waals surface area contributed by atoms with Crippen LogP contribution in [0.2, 0.25) is 0 Å². The highest BCUT2D eigenvalue weighted by atomic mass is 15.5. The summed E-state index contributed by atoms with van der Waals surface area (Å²) >= 11 is 0. The van der Waals surface area contributed by atoms with Crippen LogP contribution in [0.4, 0.5) is 0 Å². The summed E-state index contributed by atoms with van der Waals surface area (Å²) in [4.78, 5) is 4.50.